The van der Waals surface area contributed by atoms with Gasteiger partial charge in [0.15, 0.2) is 6.10 Å². The van der Waals surface area contributed by atoms with Gasteiger partial charge in [0.2, 0.25) is 0 Å². The molecule has 0 aliphatic rings. The lowest BCUT2D eigenvalue weighted by Gasteiger charge is -2.23. The molecule has 0 aromatic heterocycles. The molecule has 0 radical (unpaired) electrons. The van der Waals surface area contributed by atoms with Crippen molar-refractivity contribution in [3.63, 3.8) is 0 Å². The summed E-state index contributed by atoms with van der Waals surface area (Å²) < 4.78 is 35.8. The second-order valence-corrected chi connectivity index (χ2v) is 3.62. The van der Waals surface area contributed by atoms with Gasteiger partial charge >= 0.3 is 6.18 Å². The second kappa shape index (κ2) is 5.53. The zero-order valence-corrected chi connectivity index (χ0v) is 8.67. The van der Waals surface area contributed by atoms with Crippen molar-refractivity contribution in [3.8, 4) is 0 Å². The van der Waals surface area contributed by atoms with E-state index >= 15 is 0 Å². The second-order valence-electron chi connectivity index (χ2n) is 3.62. The zero-order chi connectivity index (χ0) is 11.4. The van der Waals surface area contributed by atoms with Crippen LogP contribution in [-0.4, -0.2) is 68.0 Å². The quantitative estimate of drug-likeness (QED) is 0.717. The van der Waals surface area contributed by atoms with Gasteiger partial charge in [0, 0.05) is 19.6 Å². The molecule has 1 N–H and O–H groups in total. The van der Waals surface area contributed by atoms with Crippen molar-refractivity contribution in [1.29, 1.82) is 0 Å². The molecule has 0 saturated heterocycles. The van der Waals surface area contributed by atoms with E-state index in [9.17, 15) is 13.2 Å². The fraction of sp³-hybridized carbons (Fsp3) is 1.00. The third-order valence-corrected chi connectivity index (χ3v) is 1.79. The lowest BCUT2D eigenvalue weighted by Crippen LogP contribution is -2.41. The van der Waals surface area contributed by atoms with Gasteiger partial charge in [0.05, 0.1) is 0 Å². The van der Waals surface area contributed by atoms with Gasteiger partial charge in [-0.2, -0.15) is 13.2 Å². The first kappa shape index (κ1) is 13.7. The van der Waals surface area contributed by atoms with Gasteiger partial charge in [-0.15, -0.1) is 0 Å². The molecule has 0 spiro atoms. The Morgan fingerprint density at radius 2 is 1.64 bits per heavy atom. The smallest absolute Gasteiger partial charge is 0.382 e. The van der Waals surface area contributed by atoms with Gasteiger partial charge in [-0.05, 0) is 21.1 Å². The summed E-state index contributed by atoms with van der Waals surface area (Å²) in [7, 11) is 5.24. The predicted octanol–water partition coefficient (Wildman–Crippen LogP) is 0.403. The Morgan fingerprint density at radius 3 is 2.00 bits per heavy atom. The van der Waals surface area contributed by atoms with E-state index < -0.39 is 12.3 Å². The first-order chi connectivity index (χ1) is 6.23. The highest BCUT2D eigenvalue weighted by Gasteiger charge is 2.38. The Balaban J connectivity index is 3.77. The van der Waals surface area contributed by atoms with Gasteiger partial charge in [-0.3, -0.25) is 0 Å². The van der Waals surface area contributed by atoms with Gasteiger partial charge in [0.25, 0.3) is 0 Å². The summed E-state index contributed by atoms with van der Waals surface area (Å²) in [6.07, 6.45) is -6.78. The van der Waals surface area contributed by atoms with Crippen LogP contribution in [0.1, 0.15) is 0 Å². The summed E-state index contributed by atoms with van der Waals surface area (Å²) >= 11 is 0. The zero-order valence-electron chi connectivity index (χ0n) is 8.67. The van der Waals surface area contributed by atoms with Gasteiger partial charge in [-0.1, -0.05) is 0 Å². The molecule has 14 heavy (non-hydrogen) atoms. The van der Waals surface area contributed by atoms with Crippen LogP contribution >= 0.6 is 0 Å². The minimum atomic E-state index is -4.52. The molecule has 0 aliphatic heterocycles. The normalized spacial score (nSPS) is 15.2. The van der Waals surface area contributed by atoms with Crippen LogP contribution in [0, 0.1) is 0 Å². The van der Waals surface area contributed by atoms with E-state index in [0.29, 0.717) is 13.1 Å². The SMILES string of the molecule is CN(C)CCN(C)CC(O)C(F)(F)F. The number of hydrogen-bond donors (Lipinski definition) is 1. The molecule has 3 nitrogen and oxygen atoms in total. The van der Waals surface area contributed by atoms with E-state index in [1.807, 2.05) is 19.0 Å². The van der Waals surface area contributed by atoms with Crippen molar-refractivity contribution < 1.29 is 18.3 Å². The van der Waals surface area contributed by atoms with Crippen LogP contribution in [0.5, 0.6) is 0 Å². The molecule has 0 bridgehead atoms. The molecule has 86 valence electrons. The average molecular weight is 214 g/mol. The van der Waals surface area contributed by atoms with Crippen LogP contribution in [0.25, 0.3) is 0 Å². The number of aliphatic hydroxyl groups excluding tert-OH is 1. The molecule has 0 fully saturated rings. The van der Waals surface area contributed by atoms with Crippen LogP contribution < -0.4 is 0 Å². The maximum atomic E-state index is 11.9. The van der Waals surface area contributed by atoms with Crippen LogP contribution in [-0.2, 0) is 0 Å². The third kappa shape index (κ3) is 6.17. The van der Waals surface area contributed by atoms with E-state index in [1.54, 1.807) is 7.05 Å². The Hall–Kier alpha value is -0.330. The summed E-state index contributed by atoms with van der Waals surface area (Å²) in [5, 5.41) is 8.74. The molecule has 0 saturated carbocycles. The maximum Gasteiger partial charge on any atom is 0.415 e. The third-order valence-electron chi connectivity index (χ3n) is 1.79. The Morgan fingerprint density at radius 1 is 1.14 bits per heavy atom. The van der Waals surface area contributed by atoms with E-state index in [2.05, 4.69) is 0 Å². The first-order valence-corrected chi connectivity index (χ1v) is 4.31. The van der Waals surface area contributed by atoms with E-state index in [4.69, 9.17) is 5.11 Å². The van der Waals surface area contributed by atoms with Gasteiger partial charge in [0.1, 0.15) is 0 Å². The highest BCUT2D eigenvalue weighted by Crippen LogP contribution is 2.20. The predicted molar refractivity (Wildman–Crippen MR) is 48.1 cm³/mol. The lowest BCUT2D eigenvalue weighted by atomic mass is 10.3. The molecule has 0 amide bonds. The summed E-state index contributed by atoms with van der Waals surface area (Å²) in [5.74, 6) is 0. The Labute approximate surface area is 82.1 Å². The number of halogens is 3. The maximum absolute atomic E-state index is 11.9. The number of aliphatic hydroxyl groups is 1. The molecule has 0 heterocycles. The molecular weight excluding hydrogens is 197 g/mol. The van der Waals surface area contributed by atoms with Crippen LogP contribution in [0.2, 0.25) is 0 Å². The topological polar surface area (TPSA) is 26.7 Å². The average Bonchev–Trinajstić information content (AvgIpc) is 1.99. The van der Waals surface area contributed by atoms with Crippen molar-refractivity contribution in [2.45, 2.75) is 12.3 Å². The number of nitrogens with zero attached hydrogens (tertiary/aromatic N) is 2. The number of likely N-dealkylation sites (N-methyl/N-ethyl adjacent to an activating group) is 2. The fourth-order valence-corrected chi connectivity index (χ4v) is 0.861. The van der Waals surface area contributed by atoms with Crippen molar-refractivity contribution in [2.24, 2.45) is 0 Å². The highest BCUT2D eigenvalue weighted by atomic mass is 19.4. The number of rotatable bonds is 5. The molecule has 6 heteroatoms. The van der Waals surface area contributed by atoms with Crippen molar-refractivity contribution in [1.82, 2.24) is 9.80 Å². The molecule has 1 unspecified atom stereocenters. The summed E-state index contributed by atoms with van der Waals surface area (Å²) in [5.41, 5.74) is 0. The molecule has 0 rings (SSSR count). The summed E-state index contributed by atoms with van der Waals surface area (Å²) in [6, 6.07) is 0. The minimum Gasteiger partial charge on any atom is -0.382 e. The van der Waals surface area contributed by atoms with Crippen molar-refractivity contribution in [2.75, 3.05) is 40.8 Å². The largest absolute Gasteiger partial charge is 0.415 e. The summed E-state index contributed by atoms with van der Waals surface area (Å²) in [6.45, 7) is 0.790. The van der Waals surface area contributed by atoms with E-state index in [0.717, 1.165) is 0 Å². The molecule has 0 aliphatic carbocycles. The summed E-state index contributed by atoms with van der Waals surface area (Å²) in [4.78, 5) is 3.33. The molecule has 0 aromatic rings. The number of hydrogen-bond acceptors (Lipinski definition) is 3. The van der Waals surface area contributed by atoms with Gasteiger partial charge in [-0.25, -0.2) is 0 Å². The fourth-order valence-electron chi connectivity index (χ4n) is 0.861. The van der Waals surface area contributed by atoms with Crippen LogP contribution in [0.4, 0.5) is 13.2 Å². The molecular formula is C8H17F3N2O. The molecule has 1 atom stereocenters. The lowest BCUT2D eigenvalue weighted by molar-refractivity contribution is -0.207. The van der Waals surface area contributed by atoms with Gasteiger partial charge < -0.3 is 14.9 Å². The Bertz CT molecular complexity index is 161. The van der Waals surface area contributed by atoms with Crippen LogP contribution in [0.15, 0.2) is 0 Å². The minimum absolute atomic E-state index is 0.378. The van der Waals surface area contributed by atoms with Crippen LogP contribution in [0.3, 0.4) is 0 Å². The van der Waals surface area contributed by atoms with E-state index in [-0.39, 0.29) is 6.54 Å². The first-order valence-electron chi connectivity index (χ1n) is 4.31. The van der Waals surface area contributed by atoms with Crippen molar-refractivity contribution >= 4 is 0 Å². The van der Waals surface area contributed by atoms with E-state index in [1.165, 1.54) is 4.90 Å². The Kier molecular flexibility index (Phi) is 5.40. The highest BCUT2D eigenvalue weighted by molar-refractivity contribution is 4.69. The molecule has 0 aromatic carbocycles. The monoisotopic (exact) mass is 214 g/mol. The number of alkyl halides is 3. The van der Waals surface area contributed by atoms with Crippen molar-refractivity contribution in [3.05, 3.63) is 0 Å². The standard InChI is InChI=1S/C8H17F3N2O/c1-12(2)4-5-13(3)6-7(14)8(9,10)11/h7,14H,4-6H2,1-3H3.